The lowest BCUT2D eigenvalue weighted by molar-refractivity contribution is -0.112. The van der Waals surface area contributed by atoms with Gasteiger partial charge in [-0.2, -0.15) is 0 Å². The van der Waals surface area contributed by atoms with E-state index < -0.39 is 5.91 Å². The summed E-state index contributed by atoms with van der Waals surface area (Å²) in [6, 6.07) is 2.92. The summed E-state index contributed by atoms with van der Waals surface area (Å²) in [4.78, 5) is 13.9. The van der Waals surface area contributed by atoms with Crippen LogP contribution in [0.4, 0.5) is 0 Å². The molecule has 0 saturated heterocycles. The predicted molar refractivity (Wildman–Crippen MR) is 42.0 cm³/mol. The van der Waals surface area contributed by atoms with Gasteiger partial charge in [-0.05, 0) is 18.1 Å². The van der Waals surface area contributed by atoms with E-state index in [4.69, 9.17) is 10.8 Å². The molecule has 3 N–H and O–H groups in total. The maximum absolute atomic E-state index is 10.2. The second-order valence-electron chi connectivity index (χ2n) is 2.02. The molecule has 0 aliphatic heterocycles. The first kappa shape index (κ1) is 8.08. The monoisotopic (exact) mass is 162 g/mol. The summed E-state index contributed by atoms with van der Waals surface area (Å²) in [5, 5.41) is 8.83. The van der Waals surface area contributed by atoms with Gasteiger partial charge >= 0.3 is 0 Å². The maximum Gasteiger partial charge on any atom is 0.293 e. The third kappa shape index (κ3) is 2.31. The topological polar surface area (TPSA) is 76.2 Å². The first-order valence-corrected chi connectivity index (χ1v) is 3.15. The zero-order chi connectivity index (χ0) is 8.97. The summed E-state index contributed by atoms with van der Waals surface area (Å²) >= 11 is 0. The molecule has 0 aliphatic rings. The molecule has 1 aromatic heterocycles. The van der Waals surface area contributed by atoms with Crippen LogP contribution in [0.25, 0.3) is 0 Å². The van der Waals surface area contributed by atoms with Crippen molar-refractivity contribution in [3.05, 3.63) is 24.0 Å². The van der Waals surface area contributed by atoms with Crippen LogP contribution in [0.15, 0.2) is 18.3 Å². The molecule has 0 aromatic carbocycles. The summed E-state index contributed by atoms with van der Waals surface area (Å²) in [6.45, 7) is 0. The number of pyridine rings is 1. The number of amides is 1. The Balaban J connectivity index is 2.86. The summed E-state index contributed by atoms with van der Waals surface area (Å²) in [7, 11) is 0. The van der Waals surface area contributed by atoms with Crippen molar-refractivity contribution in [2.45, 2.75) is 0 Å². The van der Waals surface area contributed by atoms with Crippen LogP contribution in [0, 0.1) is 11.8 Å². The van der Waals surface area contributed by atoms with Gasteiger partial charge in [0.05, 0.1) is 6.20 Å². The maximum atomic E-state index is 10.2. The molecule has 1 rings (SSSR count). The molecular weight excluding hydrogens is 156 g/mol. The van der Waals surface area contributed by atoms with Crippen LogP contribution in [-0.4, -0.2) is 16.0 Å². The number of hydrogen-bond acceptors (Lipinski definition) is 3. The van der Waals surface area contributed by atoms with Crippen molar-refractivity contribution < 1.29 is 9.90 Å². The summed E-state index contributed by atoms with van der Waals surface area (Å²) < 4.78 is 0. The number of carbonyl (C=O) groups is 1. The largest absolute Gasteiger partial charge is 0.506 e. The molecule has 0 aliphatic carbocycles. The number of rotatable bonds is 0. The Labute approximate surface area is 69.0 Å². The second-order valence-corrected chi connectivity index (χ2v) is 2.02. The normalized spacial score (nSPS) is 8.33. The van der Waals surface area contributed by atoms with Crippen LogP contribution in [0.3, 0.4) is 0 Å². The number of nitrogens with zero attached hydrogens (tertiary/aromatic N) is 1. The molecule has 0 radical (unpaired) electrons. The molecule has 1 aromatic rings. The second kappa shape index (κ2) is 3.39. The average Bonchev–Trinajstić information content (AvgIpc) is 2.03. The van der Waals surface area contributed by atoms with Gasteiger partial charge in [0.25, 0.3) is 5.91 Å². The van der Waals surface area contributed by atoms with Crippen LogP contribution in [0.2, 0.25) is 0 Å². The molecule has 1 amide bonds. The SMILES string of the molecule is NC(=O)C#Cc1ccc(O)cn1. The minimum Gasteiger partial charge on any atom is -0.506 e. The fraction of sp³-hybridized carbons (Fsp3) is 0. The highest BCUT2D eigenvalue weighted by Crippen LogP contribution is 2.04. The van der Waals surface area contributed by atoms with Gasteiger partial charge in [-0.1, -0.05) is 0 Å². The van der Waals surface area contributed by atoms with E-state index in [0.717, 1.165) is 0 Å². The van der Waals surface area contributed by atoms with E-state index in [1.165, 1.54) is 18.3 Å². The Bertz CT molecular complexity index is 346. The van der Waals surface area contributed by atoms with E-state index in [1.54, 1.807) is 0 Å². The predicted octanol–water partition coefficient (Wildman–Crippen LogP) is -0.376. The minimum absolute atomic E-state index is 0.0552. The van der Waals surface area contributed by atoms with Crippen molar-refractivity contribution in [2.24, 2.45) is 5.73 Å². The third-order valence-corrected chi connectivity index (χ3v) is 1.06. The van der Waals surface area contributed by atoms with Crippen molar-refractivity contribution in [3.8, 4) is 17.6 Å². The van der Waals surface area contributed by atoms with E-state index in [1.807, 2.05) is 0 Å². The summed E-state index contributed by atoms with van der Waals surface area (Å²) in [5.41, 5.74) is 5.18. The highest BCUT2D eigenvalue weighted by Gasteiger charge is 1.89. The van der Waals surface area contributed by atoms with Crippen LogP contribution < -0.4 is 5.73 Å². The van der Waals surface area contributed by atoms with E-state index in [2.05, 4.69) is 16.8 Å². The van der Waals surface area contributed by atoms with Crippen molar-refractivity contribution >= 4 is 5.91 Å². The Morgan fingerprint density at radius 1 is 1.58 bits per heavy atom. The number of carbonyl (C=O) groups excluding carboxylic acids is 1. The number of nitrogens with two attached hydrogens (primary N) is 1. The lowest BCUT2D eigenvalue weighted by Gasteiger charge is -1.88. The highest BCUT2D eigenvalue weighted by molar-refractivity contribution is 5.92. The molecule has 0 fully saturated rings. The lowest BCUT2D eigenvalue weighted by Crippen LogP contribution is -2.06. The molecule has 1 heterocycles. The van der Waals surface area contributed by atoms with Crippen LogP contribution >= 0.6 is 0 Å². The standard InChI is InChI=1S/C8H6N2O2/c9-8(12)4-2-6-1-3-7(11)5-10-6/h1,3,5,11H,(H2,9,12). The molecule has 12 heavy (non-hydrogen) atoms. The van der Waals surface area contributed by atoms with Gasteiger partial charge in [0.1, 0.15) is 11.4 Å². The number of primary amides is 1. The first-order valence-electron chi connectivity index (χ1n) is 3.15. The average molecular weight is 162 g/mol. The molecular formula is C8H6N2O2. The highest BCUT2D eigenvalue weighted by atomic mass is 16.3. The van der Waals surface area contributed by atoms with E-state index in [-0.39, 0.29) is 5.75 Å². The van der Waals surface area contributed by atoms with Crippen molar-refractivity contribution in [1.29, 1.82) is 0 Å². The van der Waals surface area contributed by atoms with Gasteiger partial charge in [0.2, 0.25) is 0 Å². The summed E-state index contributed by atoms with van der Waals surface area (Å²) in [5.74, 6) is 3.90. The first-order chi connectivity index (χ1) is 5.68. The van der Waals surface area contributed by atoms with Gasteiger partial charge < -0.3 is 10.8 Å². The van der Waals surface area contributed by atoms with Crippen molar-refractivity contribution in [1.82, 2.24) is 4.98 Å². The van der Waals surface area contributed by atoms with Crippen molar-refractivity contribution in [2.75, 3.05) is 0 Å². The molecule has 0 spiro atoms. The van der Waals surface area contributed by atoms with Crippen LogP contribution in [-0.2, 0) is 4.79 Å². The zero-order valence-electron chi connectivity index (χ0n) is 6.11. The molecule has 0 saturated carbocycles. The lowest BCUT2D eigenvalue weighted by atomic mass is 10.3. The number of hydrogen-bond donors (Lipinski definition) is 2. The van der Waals surface area contributed by atoms with Crippen LogP contribution in [0.1, 0.15) is 5.69 Å². The van der Waals surface area contributed by atoms with Gasteiger partial charge in [-0.15, -0.1) is 0 Å². The number of aromatic hydroxyl groups is 1. The number of aromatic nitrogens is 1. The third-order valence-electron chi connectivity index (χ3n) is 1.06. The smallest absolute Gasteiger partial charge is 0.293 e. The zero-order valence-corrected chi connectivity index (χ0v) is 6.11. The van der Waals surface area contributed by atoms with Crippen molar-refractivity contribution in [3.63, 3.8) is 0 Å². The molecule has 0 atom stereocenters. The Hall–Kier alpha value is -2.02. The fourth-order valence-electron chi connectivity index (χ4n) is 0.586. The van der Waals surface area contributed by atoms with Gasteiger partial charge in [-0.25, -0.2) is 4.98 Å². The Kier molecular flexibility index (Phi) is 2.29. The molecule has 60 valence electrons. The molecule has 0 unspecified atom stereocenters. The van der Waals surface area contributed by atoms with Gasteiger partial charge in [-0.3, -0.25) is 4.79 Å². The fourth-order valence-corrected chi connectivity index (χ4v) is 0.586. The Morgan fingerprint density at radius 3 is 2.83 bits per heavy atom. The molecule has 0 bridgehead atoms. The van der Waals surface area contributed by atoms with E-state index in [9.17, 15) is 4.79 Å². The Morgan fingerprint density at radius 2 is 2.33 bits per heavy atom. The van der Waals surface area contributed by atoms with Crippen LogP contribution in [0.5, 0.6) is 5.75 Å². The minimum atomic E-state index is -0.704. The summed E-state index contributed by atoms with van der Waals surface area (Å²) in [6.07, 6.45) is 1.24. The van der Waals surface area contributed by atoms with E-state index in [0.29, 0.717) is 5.69 Å². The molecule has 4 heteroatoms. The van der Waals surface area contributed by atoms with Gasteiger partial charge in [0.15, 0.2) is 0 Å². The molecule has 4 nitrogen and oxygen atoms in total. The van der Waals surface area contributed by atoms with E-state index >= 15 is 0 Å². The van der Waals surface area contributed by atoms with Gasteiger partial charge in [0, 0.05) is 5.92 Å². The quantitative estimate of drug-likeness (QED) is 0.511.